The second-order valence-electron chi connectivity index (χ2n) is 4.77. The van der Waals surface area contributed by atoms with Crippen molar-refractivity contribution in [1.29, 1.82) is 0 Å². The molecule has 114 valence electrons. The first-order valence-corrected chi connectivity index (χ1v) is 7.54. The zero-order chi connectivity index (χ0) is 14.8. The van der Waals surface area contributed by atoms with Crippen LogP contribution in [-0.2, 0) is 11.2 Å². The van der Waals surface area contributed by atoms with E-state index in [0.717, 1.165) is 37.2 Å². The van der Waals surface area contributed by atoms with Gasteiger partial charge in [-0.3, -0.25) is 0 Å². The van der Waals surface area contributed by atoms with Crippen LogP contribution in [-0.4, -0.2) is 35.8 Å². The first-order valence-electron chi connectivity index (χ1n) is 7.54. The zero-order valence-electron chi connectivity index (χ0n) is 13.1. The molecule has 1 unspecified atom stereocenters. The molecule has 0 aliphatic heterocycles. The predicted molar refractivity (Wildman–Crippen MR) is 81.4 cm³/mol. The molecule has 20 heavy (non-hydrogen) atoms. The summed E-state index contributed by atoms with van der Waals surface area (Å²) in [5, 5.41) is 3.34. The van der Waals surface area contributed by atoms with Gasteiger partial charge >= 0.3 is 0 Å². The van der Waals surface area contributed by atoms with Crippen molar-refractivity contribution >= 4 is 5.82 Å². The largest absolute Gasteiger partial charge is 0.472 e. The number of ether oxygens (including phenoxy) is 2. The zero-order valence-corrected chi connectivity index (χ0v) is 13.1. The average Bonchev–Trinajstić information content (AvgIpc) is 2.45. The third-order valence-electron chi connectivity index (χ3n) is 2.82. The molecule has 0 radical (unpaired) electrons. The number of hydrogen-bond acceptors (Lipinski definition) is 5. The van der Waals surface area contributed by atoms with E-state index >= 15 is 0 Å². The Kier molecular flexibility index (Phi) is 7.95. The fraction of sp³-hybridized carbons (Fsp3) is 0.733. The molecule has 0 saturated carbocycles. The molecule has 1 aromatic rings. The van der Waals surface area contributed by atoms with Crippen molar-refractivity contribution in [3.8, 4) is 5.88 Å². The van der Waals surface area contributed by atoms with Crippen LogP contribution >= 0.6 is 0 Å². The van der Waals surface area contributed by atoms with Gasteiger partial charge in [0.1, 0.15) is 18.2 Å². The SMILES string of the molecule is CCCNc1ncnc(OC(C)COCC)c1CCC. The molecular weight excluding hydrogens is 254 g/mol. The van der Waals surface area contributed by atoms with E-state index in [1.54, 1.807) is 6.33 Å². The molecule has 1 N–H and O–H groups in total. The molecule has 1 heterocycles. The first-order chi connectivity index (χ1) is 9.72. The van der Waals surface area contributed by atoms with Gasteiger partial charge in [0, 0.05) is 13.2 Å². The fourth-order valence-electron chi connectivity index (χ4n) is 1.88. The van der Waals surface area contributed by atoms with Gasteiger partial charge < -0.3 is 14.8 Å². The molecule has 1 atom stereocenters. The van der Waals surface area contributed by atoms with E-state index in [-0.39, 0.29) is 6.10 Å². The lowest BCUT2D eigenvalue weighted by Gasteiger charge is -2.18. The molecule has 0 aliphatic carbocycles. The predicted octanol–water partition coefficient (Wildman–Crippen LogP) is 3.05. The van der Waals surface area contributed by atoms with Gasteiger partial charge in [0.2, 0.25) is 5.88 Å². The number of rotatable bonds is 10. The molecule has 0 aromatic carbocycles. The quantitative estimate of drug-likeness (QED) is 0.714. The Morgan fingerprint density at radius 1 is 1.20 bits per heavy atom. The number of hydrogen-bond donors (Lipinski definition) is 1. The van der Waals surface area contributed by atoms with Crippen molar-refractivity contribution in [1.82, 2.24) is 9.97 Å². The summed E-state index contributed by atoms with van der Waals surface area (Å²) in [4.78, 5) is 8.62. The smallest absolute Gasteiger partial charge is 0.222 e. The van der Waals surface area contributed by atoms with Gasteiger partial charge in [-0.05, 0) is 26.7 Å². The third kappa shape index (κ3) is 5.33. The minimum Gasteiger partial charge on any atom is -0.472 e. The van der Waals surface area contributed by atoms with Crippen molar-refractivity contribution in [2.24, 2.45) is 0 Å². The van der Waals surface area contributed by atoms with Crippen molar-refractivity contribution < 1.29 is 9.47 Å². The maximum Gasteiger partial charge on any atom is 0.222 e. The lowest BCUT2D eigenvalue weighted by molar-refractivity contribution is 0.0627. The van der Waals surface area contributed by atoms with E-state index in [4.69, 9.17) is 9.47 Å². The van der Waals surface area contributed by atoms with Crippen molar-refractivity contribution in [3.63, 3.8) is 0 Å². The van der Waals surface area contributed by atoms with Crippen LogP contribution in [0.25, 0.3) is 0 Å². The number of aromatic nitrogens is 2. The summed E-state index contributed by atoms with van der Waals surface area (Å²) in [6.45, 7) is 10.4. The normalized spacial score (nSPS) is 12.2. The van der Waals surface area contributed by atoms with Gasteiger partial charge in [0.05, 0.1) is 12.2 Å². The molecular formula is C15H27N3O2. The molecule has 0 aliphatic rings. The van der Waals surface area contributed by atoms with Crippen LogP contribution in [0.5, 0.6) is 5.88 Å². The molecule has 0 amide bonds. The van der Waals surface area contributed by atoms with Gasteiger partial charge in [-0.2, -0.15) is 0 Å². The summed E-state index contributed by atoms with van der Waals surface area (Å²) in [6, 6.07) is 0. The summed E-state index contributed by atoms with van der Waals surface area (Å²) in [5.41, 5.74) is 1.06. The standard InChI is InChI=1S/C15H27N3O2/c1-5-8-13-14(16-9-6-2)17-11-18-15(13)20-12(4)10-19-7-3/h11-12H,5-10H2,1-4H3,(H,16,17,18). The van der Waals surface area contributed by atoms with Gasteiger partial charge in [0.15, 0.2) is 0 Å². The molecule has 0 bridgehead atoms. The molecule has 1 aromatic heterocycles. The number of anilines is 1. The van der Waals surface area contributed by atoms with Crippen LogP contribution in [0.4, 0.5) is 5.82 Å². The Bertz CT molecular complexity index is 385. The monoisotopic (exact) mass is 281 g/mol. The fourth-order valence-corrected chi connectivity index (χ4v) is 1.88. The van der Waals surface area contributed by atoms with Gasteiger partial charge in [-0.15, -0.1) is 0 Å². The van der Waals surface area contributed by atoms with Crippen molar-refractivity contribution in [3.05, 3.63) is 11.9 Å². The van der Waals surface area contributed by atoms with Crippen LogP contribution < -0.4 is 10.1 Å². The minimum absolute atomic E-state index is 0.0144. The molecule has 1 rings (SSSR count). The highest BCUT2D eigenvalue weighted by Crippen LogP contribution is 2.24. The van der Waals surface area contributed by atoms with E-state index in [0.29, 0.717) is 19.1 Å². The lowest BCUT2D eigenvalue weighted by atomic mass is 10.1. The van der Waals surface area contributed by atoms with Gasteiger partial charge in [-0.25, -0.2) is 9.97 Å². The van der Waals surface area contributed by atoms with Crippen LogP contribution in [0.15, 0.2) is 6.33 Å². The highest BCUT2D eigenvalue weighted by atomic mass is 16.5. The molecule has 0 fully saturated rings. The maximum absolute atomic E-state index is 5.90. The second kappa shape index (κ2) is 9.53. The third-order valence-corrected chi connectivity index (χ3v) is 2.82. The van der Waals surface area contributed by atoms with Gasteiger partial charge in [-0.1, -0.05) is 20.3 Å². The van der Waals surface area contributed by atoms with E-state index in [1.807, 2.05) is 13.8 Å². The molecule has 5 heteroatoms. The maximum atomic E-state index is 5.90. The summed E-state index contributed by atoms with van der Waals surface area (Å²) >= 11 is 0. The van der Waals surface area contributed by atoms with Crippen LogP contribution in [0.1, 0.15) is 46.1 Å². The molecule has 5 nitrogen and oxygen atoms in total. The van der Waals surface area contributed by atoms with Crippen LogP contribution in [0.2, 0.25) is 0 Å². The minimum atomic E-state index is -0.0144. The Hall–Kier alpha value is -1.36. The highest BCUT2D eigenvalue weighted by Gasteiger charge is 2.14. The summed E-state index contributed by atoms with van der Waals surface area (Å²) in [7, 11) is 0. The Balaban J connectivity index is 2.81. The Labute approximate surface area is 122 Å². The molecule has 0 spiro atoms. The first kappa shape index (κ1) is 16.7. The highest BCUT2D eigenvalue weighted by molar-refractivity contribution is 5.48. The van der Waals surface area contributed by atoms with E-state index in [9.17, 15) is 0 Å². The average molecular weight is 281 g/mol. The second-order valence-corrected chi connectivity index (χ2v) is 4.77. The van der Waals surface area contributed by atoms with Crippen LogP contribution in [0.3, 0.4) is 0 Å². The van der Waals surface area contributed by atoms with Gasteiger partial charge in [0.25, 0.3) is 0 Å². The number of nitrogens with one attached hydrogen (secondary N) is 1. The van der Waals surface area contributed by atoms with Crippen molar-refractivity contribution in [2.45, 2.75) is 53.1 Å². The summed E-state index contributed by atoms with van der Waals surface area (Å²) in [6.07, 6.45) is 4.54. The summed E-state index contributed by atoms with van der Waals surface area (Å²) in [5.74, 6) is 1.56. The molecule has 0 saturated heterocycles. The Morgan fingerprint density at radius 3 is 2.65 bits per heavy atom. The van der Waals surface area contributed by atoms with Crippen LogP contribution in [0, 0.1) is 0 Å². The van der Waals surface area contributed by atoms with Crippen molar-refractivity contribution in [2.75, 3.05) is 25.1 Å². The van der Waals surface area contributed by atoms with E-state index in [1.165, 1.54) is 0 Å². The van der Waals surface area contributed by atoms with E-state index < -0.39 is 0 Å². The lowest BCUT2D eigenvalue weighted by Crippen LogP contribution is -2.21. The number of nitrogens with zero attached hydrogens (tertiary/aromatic N) is 2. The summed E-state index contributed by atoms with van der Waals surface area (Å²) < 4.78 is 11.3. The topological polar surface area (TPSA) is 56.3 Å². The Morgan fingerprint density at radius 2 is 2.00 bits per heavy atom. The van der Waals surface area contributed by atoms with E-state index in [2.05, 4.69) is 29.1 Å².